The number of pyridine rings is 1. The number of aliphatic imine (C=N–C) groups is 1. The van der Waals surface area contributed by atoms with Gasteiger partial charge in [-0.05, 0) is 30.4 Å². The summed E-state index contributed by atoms with van der Waals surface area (Å²) in [4.78, 5) is 7.98. The summed E-state index contributed by atoms with van der Waals surface area (Å²) in [6.07, 6.45) is 1.67. The van der Waals surface area contributed by atoms with Gasteiger partial charge in [0.25, 0.3) is 0 Å². The Hall–Kier alpha value is -2.03. The largest absolute Gasteiger partial charge is 0.437 e. The van der Waals surface area contributed by atoms with Crippen LogP contribution in [-0.2, 0) is 0 Å². The first kappa shape index (κ1) is 10.5. The minimum Gasteiger partial charge on any atom is -0.437 e. The maximum absolute atomic E-state index is 5.57. The van der Waals surface area contributed by atoms with Gasteiger partial charge in [0.15, 0.2) is 5.75 Å². The van der Waals surface area contributed by atoms with Crippen LogP contribution in [0.15, 0.2) is 53.7 Å². The summed E-state index contributed by atoms with van der Waals surface area (Å²) in [7, 11) is 0. The standard InChI is InChI=1S/C12H8N2OS/c16-9-14-10-5-1-2-6-11(10)15-12-7-3-4-8-13-12/h1-8H. The maximum Gasteiger partial charge on any atom is 0.219 e. The van der Waals surface area contributed by atoms with E-state index in [1.807, 2.05) is 24.3 Å². The van der Waals surface area contributed by atoms with Gasteiger partial charge in [0.2, 0.25) is 5.88 Å². The van der Waals surface area contributed by atoms with Crippen LogP contribution in [0.3, 0.4) is 0 Å². The lowest BCUT2D eigenvalue weighted by atomic mass is 10.3. The summed E-state index contributed by atoms with van der Waals surface area (Å²) in [5.74, 6) is 1.13. The molecule has 0 bridgehead atoms. The van der Waals surface area contributed by atoms with Crippen molar-refractivity contribution in [3.63, 3.8) is 0 Å². The second-order valence-corrected chi connectivity index (χ2v) is 3.12. The molecule has 1 aromatic carbocycles. The Morgan fingerprint density at radius 2 is 1.94 bits per heavy atom. The highest BCUT2D eigenvalue weighted by Crippen LogP contribution is 2.29. The van der Waals surface area contributed by atoms with Crippen molar-refractivity contribution in [1.29, 1.82) is 0 Å². The fourth-order valence-corrected chi connectivity index (χ4v) is 1.30. The molecule has 0 spiro atoms. The van der Waals surface area contributed by atoms with Gasteiger partial charge < -0.3 is 4.74 Å². The molecule has 0 N–H and O–H groups in total. The topological polar surface area (TPSA) is 34.5 Å². The summed E-state index contributed by atoms with van der Waals surface area (Å²) in [5, 5.41) is 2.32. The SMILES string of the molecule is S=C=Nc1ccccc1Oc1ccccn1. The van der Waals surface area contributed by atoms with Gasteiger partial charge in [-0.15, -0.1) is 0 Å². The third-order valence-corrected chi connectivity index (χ3v) is 1.97. The molecule has 1 aromatic heterocycles. The Bertz CT molecular complexity index is 522. The van der Waals surface area contributed by atoms with Gasteiger partial charge in [0, 0.05) is 12.3 Å². The Balaban J connectivity index is 2.31. The van der Waals surface area contributed by atoms with E-state index in [2.05, 4.69) is 27.4 Å². The van der Waals surface area contributed by atoms with E-state index in [1.165, 1.54) is 0 Å². The van der Waals surface area contributed by atoms with Gasteiger partial charge in [-0.1, -0.05) is 18.2 Å². The molecule has 0 aliphatic heterocycles. The number of para-hydroxylation sites is 2. The molecule has 0 saturated heterocycles. The normalized spacial score (nSPS) is 9.25. The highest BCUT2D eigenvalue weighted by molar-refractivity contribution is 7.78. The summed E-state index contributed by atoms with van der Waals surface area (Å²) < 4.78 is 5.57. The molecule has 0 unspecified atom stereocenters. The Kier molecular flexibility index (Phi) is 3.38. The van der Waals surface area contributed by atoms with E-state index in [1.54, 1.807) is 24.4 Å². The van der Waals surface area contributed by atoms with Crippen LogP contribution in [0.1, 0.15) is 0 Å². The predicted octanol–water partition coefficient (Wildman–Crippen LogP) is 3.61. The van der Waals surface area contributed by atoms with Crippen LogP contribution < -0.4 is 4.74 Å². The number of isothiocyanates is 1. The molecule has 0 atom stereocenters. The van der Waals surface area contributed by atoms with Gasteiger partial charge in [0.1, 0.15) is 5.69 Å². The van der Waals surface area contributed by atoms with Crippen molar-refractivity contribution < 1.29 is 4.74 Å². The lowest BCUT2D eigenvalue weighted by molar-refractivity contribution is 0.464. The van der Waals surface area contributed by atoms with Crippen LogP contribution in [0.2, 0.25) is 0 Å². The first-order valence-electron chi connectivity index (χ1n) is 4.66. The minimum atomic E-state index is 0.523. The fourth-order valence-electron chi connectivity index (χ4n) is 1.21. The lowest BCUT2D eigenvalue weighted by Gasteiger charge is -2.05. The molecule has 16 heavy (non-hydrogen) atoms. The number of hydrogen-bond acceptors (Lipinski definition) is 4. The third kappa shape index (κ3) is 2.51. The van der Waals surface area contributed by atoms with Crippen LogP contribution in [-0.4, -0.2) is 10.1 Å². The second-order valence-electron chi connectivity index (χ2n) is 2.94. The fraction of sp³-hybridized carbons (Fsp3) is 0. The number of ether oxygens (including phenoxy) is 1. The first-order chi connectivity index (χ1) is 7.90. The Labute approximate surface area is 98.4 Å². The van der Waals surface area contributed by atoms with E-state index < -0.39 is 0 Å². The Morgan fingerprint density at radius 3 is 2.69 bits per heavy atom. The maximum atomic E-state index is 5.57. The predicted molar refractivity (Wildman–Crippen MR) is 65.4 cm³/mol. The van der Waals surface area contributed by atoms with Gasteiger partial charge in [-0.3, -0.25) is 0 Å². The quantitative estimate of drug-likeness (QED) is 0.594. The number of hydrogen-bond donors (Lipinski definition) is 0. The molecular weight excluding hydrogens is 220 g/mol. The molecule has 2 rings (SSSR count). The molecule has 0 saturated carbocycles. The monoisotopic (exact) mass is 228 g/mol. The zero-order chi connectivity index (χ0) is 11.2. The number of thiocarbonyl (C=S) groups is 1. The van der Waals surface area contributed by atoms with E-state index in [-0.39, 0.29) is 0 Å². The number of benzene rings is 1. The highest BCUT2D eigenvalue weighted by atomic mass is 32.1. The third-order valence-electron chi connectivity index (χ3n) is 1.88. The van der Waals surface area contributed by atoms with E-state index in [0.29, 0.717) is 17.3 Å². The molecule has 0 amide bonds. The van der Waals surface area contributed by atoms with Crippen molar-refractivity contribution >= 4 is 23.1 Å². The summed E-state index contributed by atoms with van der Waals surface area (Å²) >= 11 is 4.57. The van der Waals surface area contributed by atoms with Crippen LogP contribution in [0.4, 0.5) is 5.69 Å². The van der Waals surface area contributed by atoms with Crippen molar-refractivity contribution in [3.05, 3.63) is 48.7 Å². The Morgan fingerprint density at radius 1 is 1.12 bits per heavy atom. The summed E-state index contributed by atoms with van der Waals surface area (Å²) in [6, 6.07) is 12.8. The molecule has 0 aliphatic carbocycles. The van der Waals surface area contributed by atoms with Crippen LogP contribution in [0.5, 0.6) is 11.6 Å². The molecule has 1 heterocycles. The molecule has 3 nitrogen and oxygen atoms in total. The van der Waals surface area contributed by atoms with E-state index >= 15 is 0 Å². The molecule has 0 radical (unpaired) electrons. The van der Waals surface area contributed by atoms with Gasteiger partial charge in [-0.25, -0.2) is 4.98 Å². The van der Waals surface area contributed by atoms with Gasteiger partial charge in [-0.2, -0.15) is 4.99 Å². The van der Waals surface area contributed by atoms with Gasteiger partial charge >= 0.3 is 0 Å². The molecule has 0 aliphatic rings. The van der Waals surface area contributed by atoms with Crippen molar-refractivity contribution in [2.24, 2.45) is 4.99 Å². The summed E-state index contributed by atoms with van der Waals surface area (Å²) in [6.45, 7) is 0. The van der Waals surface area contributed by atoms with Crippen LogP contribution >= 0.6 is 12.2 Å². The molecule has 78 valence electrons. The smallest absolute Gasteiger partial charge is 0.219 e. The van der Waals surface area contributed by atoms with E-state index in [9.17, 15) is 0 Å². The van der Waals surface area contributed by atoms with Crippen molar-refractivity contribution in [3.8, 4) is 11.6 Å². The molecule has 0 fully saturated rings. The molecule has 2 aromatic rings. The van der Waals surface area contributed by atoms with Crippen molar-refractivity contribution in [1.82, 2.24) is 4.98 Å². The average Bonchev–Trinajstić information content (AvgIpc) is 2.33. The number of aromatic nitrogens is 1. The number of nitrogens with zero attached hydrogens (tertiary/aromatic N) is 2. The van der Waals surface area contributed by atoms with Crippen molar-refractivity contribution in [2.75, 3.05) is 0 Å². The van der Waals surface area contributed by atoms with E-state index in [4.69, 9.17) is 4.74 Å². The van der Waals surface area contributed by atoms with Crippen LogP contribution in [0, 0.1) is 0 Å². The average molecular weight is 228 g/mol. The van der Waals surface area contributed by atoms with E-state index in [0.717, 1.165) is 0 Å². The zero-order valence-electron chi connectivity index (χ0n) is 8.33. The summed E-state index contributed by atoms with van der Waals surface area (Å²) in [5.41, 5.74) is 0.642. The van der Waals surface area contributed by atoms with Crippen LogP contribution in [0.25, 0.3) is 0 Å². The zero-order valence-corrected chi connectivity index (χ0v) is 9.15. The second kappa shape index (κ2) is 5.16. The van der Waals surface area contributed by atoms with Gasteiger partial charge in [0.05, 0.1) is 5.16 Å². The lowest BCUT2D eigenvalue weighted by Crippen LogP contribution is -1.86. The van der Waals surface area contributed by atoms with Crippen molar-refractivity contribution in [2.45, 2.75) is 0 Å². The highest BCUT2D eigenvalue weighted by Gasteiger charge is 2.02. The first-order valence-corrected chi connectivity index (χ1v) is 5.07. The molecular formula is C12H8N2OS. The molecule has 4 heteroatoms. The number of rotatable bonds is 3. The minimum absolute atomic E-state index is 0.523.